The monoisotopic (exact) mass is 410 g/mol. The number of benzene rings is 2. The summed E-state index contributed by atoms with van der Waals surface area (Å²) in [5.41, 5.74) is 2.74. The van der Waals surface area contributed by atoms with Crippen molar-refractivity contribution in [3.63, 3.8) is 0 Å². The van der Waals surface area contributed by atoms with E-state index in [0.29, 0.717) is 35.5 Å². The number of hydrogen-bond acceptors (Lipinski definition) is 5. The molecule has 6 nitrogen and oxygen atoms in total. The molecule has 29 heavy (non-hydrogen) atoms. The molecule has 0 radical (unpaired) electrons. The van der Waals surface area contributed by atoms with E-state index in [1.807, 2.05) is 36.1 Å². The predicted octanol–water partition coefficient (Wildman–Crippen LogP) is 4.22. The molecule has 4 rings (SSSR count). The van der Waals surface area contributed by atoms with Gasteiger partial charge in [-0.2, -0.15) is 0 Å². The molecular formula is C22H23ClN4O2. The van der Waals surface area contributed by atoms with Crippen LogP contribution in [0.3, 0.4) is 0 Å². The lowest BCUT2D eigenvalue weighted by atomic mass is 10.1. The highest BCUT2D eigenvalue weighted by Gasteiger charge is 2.28. The Balaban J connectivity index is 1.38. The van der Waals surface area contributed by atoms with Crippen LogP contribution in [0.4, 0.5) is 0 Å². The molecule has 0 aliphatic carbocycles. The van der Waals surface area contributed by atoms with E-state index in [4.69, 9.17) is 16.0 Å². The standard InChI is InChI=1S/C22H23ClN4O2/c1-15-4-3-5-18(14-15)21-25-24-20(29-21)16(2)26-10-12-27(13-11-26)22(28)17-6-8-19(23)9-7-17/h3-9,14,16H,10-13H2,1-2H3. The summed E-state index contributed by atoms with van der Waals surface area (Å²) in [4.78, 5) is 16.8. The number of hydrogen-bond donors (Lipinski definition) is 0. The van der Waals surface area contributed by atoms with Crippen molar-refractivity contribution in [2.75, 3.05) is 26.2 Å². The number of halogens is 1. The Labute approximate surface area is 175 Å². The highest BCUT2D eigenvalue weighted by molar-refractivity contribution is 6.30. The molecule has 3 aromatic rings. The number of amides is 1. The van der Waals surface area contributed by atoms with Crippen LogP contribution in [-0.2, 0) is 0 Å². The molecule has 0 bridgehead atoms. The summed E-state index contributed by atoms with van der Waals surface area (Å²) in [6, 6.07) is 15.0. The minimum absolute atomic E-state index is 0.00570. The number of rotatable bonds is 4. The number of nitrogens with zero attached hydrogens (tertiary/aromatic N) is 4. The second kappa shape index (κ2) is 8.35. The molecule has 1 aromatic heterocycles. The van der Waals surface area contributed by atoms with Gasteiger partial charge in [-0.05, 0) is 50.2 Å². The summed E-state index contributed by atoms with van der Waals surface area (Å²) in [5.74, 6) is 1.17. The first kappa shape index (κ1) is 19.6. The van der Waals surface area contributed by atoms with E-state index in [1.165, 1.54) is 0 Å². The van der Waals surface area contributed by atoms with Crippen LogP contribution in [0, 0.1) is 6.92 Å². The smallest absolute Gasteiger partial charge is 0.253 e. The van der Waals surface area contributed by atoms with Crippen LogP contribution in [0.15, 0.2) is 52.9 Å². The van der Waals surface area contributed by atoms with Crippen LogP contribution in [0.1, 0.15) is 34.8 Å². The highest BCUT2D eigenvalue weighted by Crippen LogP contribution is 2.25. The van der Waals surface area contributed by atoms with Gasteiger partial charge in [-0.3, -0.25) is 9.69 Å². The van der Waals surface area contributed by atoms with E-state index in [2.05, 4.69) is 22.0 Å². The van der Waals surface area contributed by atoms with E-state index in [0.717, 1.165) is 24.2 Å². The average molecular weight is 411 g/mol. The van der Waals surface area contributed by atoms with E-state index < -0.39 is 0 Å². The molecule has 0 saturated carbocycles. The number of aromatic nitrogens is 2. The maximum atomic E-state index is 12.7. The SMILES string of the molecule is Cc1cccc(-c2nnc(C(C)N3CCN(C(=O)c4ccc(Cl)cc4)CC3)o2)c1. The third-order valence-electron chi connectivity index (χ3n) is 5.30. The van der Waals surface area contributed by atoms with Gasteiger partial charge in [0, 0.05) is 42.3 Å². The Hall–Kier alpha value is -2.70. The van der Waals surface area contributed by atoms with Crippen LogP contribution in [0.25, 0.3) is 11.5 Å². The fourth-order valence-corrected chi connectivity index (χ4v) is 3.67. The number of carbonyl (C=O) groups is 1. The molecule has 1 aliphatic rings. The van der Waals surface area contributed by atoms with Crippen LogP contribution in [-0.4, -0.2) is 52.1 Å². The third-order valence-corrected chi connectivity index (χ3v) is 5.56. The largest absolute Gasteiger partial charge is 0.419 e. The summed E-state index contributed by atoms with van der Waals surface area (Å²) in [5, 5.41) is 9.10. The Morgan fingerprint density at radius 1 is 1.07 bits per heavy atom. The van der Waals surface area contributed by atoms with Crippen molar-refractivity contribution in [1.29, 1.82) is 0 Å². The Kier molecular flexibility index (Phi) is 5.65. The normalized spacial score (nSPS) is 16.0. The molecule has 150 valence electrons. The first-order valence-electron chi connectivity index (χ1n) is 9.70. The van der Waals surface area contributed by atoms with Gasteiger partial charge < -0.3 is 9.32 Å². The molecule has 1 atom stereocenters. The van der Waals surface area contributed by atoms with Crippen molar-refractivity contribution in [2.45, 2.75) is 19.9 Å². The molecule has 1 unspecified atom stereocenters. The molecule has 0 N–H and O–H groups in total. The van der Waals surface area contributed by atoms with E-state index in [9.17, 15) is 4.79 Å². The van der Waals surface area contributed by atoms with Crippen LogP contribution < -0.4 is 0 Å². The molecule has 1 saturated heterocycles. The van der Waals surface area contributed by atoms with Crippen LogP contribution in [0.2, 0.25) is 5.02 Å². The van der Waals surface area contributed by atoms with Crippen LogP contribution in [0.5, 0.6) is 0 Å². The molecule has 2 aromatic carbocycles. The summed E-state index contributed by atoms with van der Waals surface area (Å²) in [7, 11) is 0. The second-order valence-corrected chi connectivity index (χ2v) is 7.76. The summed E-state index contributed by atoms with van der Waals surface area (Å²) in [6.45, 7) is 6.92. The highest BCUT2D eigenvalue weighted by atomic mass is 35.5. The third kappa shape index (κ3) is 4.33. The minimum atomic E-state index is -0.00570. The van der Waals surface area contributed by atoms with Crippen molar-refractivity contribution in [2.24, 2.45) is 0 Å². The fraction of sp³-hybridized carbons (Fsp3) is 0.318. The van der Waals surface area contributed by atoms with Gasteiger partial charge in [0.25, 0.3) is 5.91 Å². The van der Waals surface area contributed by atoms with Crippen molar-refractivity contribution >= 4 is 17.5 Å². The molecule has 1 aliphatic heterocycles. The lowest BCUT2D eigenvalue weighted by Crippen LogP contribution is -2.49. The van der Waals surface area contributed by atoms with Crippen molar-refractivity contribution in [1.82, 2.24) is 20.0 Å². The van der Waals surface area contributed by atoms with Crippen molar-refractivity contribution < 1.29 is 9.21 Å². The van der Waals surface area contributed by atoms with E-state index >= 15 is 0 Å². The van der Waals surface area contributed by atoms with Gasteiger partial charge in [0.05, 0.1) is 6.04 Å². The summed E-state index contributed by atoms with van der Waals surface area (Å²) < 4.78 is 5.94. The zero-order chi connectivity index (χ0) is 20.4. The topological polar surface area (TPSA) is 62.5 Å². The predicted molar refractivity (Wildman–Crippen MR) is 112 cm³/mol. The zero-order valence-electron chi connectivity index (χ0n) is 16.5. The van der Waals surface area contributed by atoms with Gasteiger partial charge in [-0.25, -0.2) is 0 Å². The Bertz CT molecular complexity index is 994. The van der Waals surface area contributed by atoms with Gasteiger partial charge in [0.1, 0.15) is 0 Å². The number of carbonyl (C=O) groups excluding carboxylic acids is 1. The van der Waals surface area contributed by atoms with E-state index in [-0.39, 0.29) is 11.9 Å². The molecule has 0 spiro atoms. The maximum absolute atomic E-state index is 12.7. The minimum Gasteiger partial charge on any atom is -0.419 e. The second-order valence-electron chi connectivity index (χ2n) is 7.33. The number of aryl methyl sites for hydroxylation is 1. The maximum Gasteiger partial charge on any atom is 0.253 e. The Morgan fingerprint density at radius 2 is 1.79 bits per heavy atom. The lowest BCUT2D eigenvalue weighted by Gasteiger charge is -2.36. The van der Waals surface area contributed by atoms with Crippen molar-refractivity contribution in [3.05, 3.63) is 70.6 Å². The van der Waals surface area contributed by atoms with E-state index in [1.54, 1.807) is 24.3 Å². The summed E-state index contributed by atoms with van der Waals surface area (Å²) >= 11 is 5.91. The first-order chi connectivity index (χ1) is 14.0. The zero-order valence-corrected chi connectivity index (χ0v) is 17.3. The molecule has 7 heteroatoms. The number of piperazine rings is 1. The van der Waals surface area contributed by atoms with Gasteiger partial charge in [0.15, 0.2) is 0 Å². The van der Waals surface area contributed by atoms with Gasteiger partial charge in [-0.1, -0.05) is 29.3 Å². The first-order valence-corrected chi connectivity index (χ1v) is 10.1. The van der Waals surface area contributed by atoms with Gasteiger partial charge in [-0.15, -0.1) is 10.2 Å². The fourth-order valence-electron chi connectivity index (χ4n) is 3.54. The average Bonchev–Trinajstić information content (AvgIpc) is 3.24. The molecular weight excluding hydrogens is 388 g/mol. The quantitative estimate of drug-likeness (QED) is 0.644. The lowest BCUT2D eigenvalue weighted by molar-refractivity contribution is 0.0559. The van der Waals surface area contributed by atoms with Crippen LogP contribution >= 0.6 is 11.6 Å². The summed E-state index contributed by atoms with van der Waals surface area (Å²) in [6.07, 6.45) is 0. The van der Waals surface area contributed by atoms with Gasteiger partial charge >= 0.3 is 0 Å². The molecule has 1 fully saturated rings. The van der Waals surface area contributed by atoms with Gasteiger partial charge in [0.2, 0.25) is 11.8 Å². The van der Waals surface area contributed by atoms with Crippen molar-refractivity contribution in [3.8, 4) is 11.5 Å². The Morgan fingerprint density at radius 3 is 2.48 bits per heavy atom. The molecule has 1 amide bonds. The molecule has 2 heterocycles.